The SMILES string of the molecule is Cc1cccc(S(=O)(=O)Nc2cccc(CCCCl)c2)c1. The van der Waals surface area contributed by atoms with Crippen LogP contribution in [-0.2, 0) is 16.4 Å². The first-order valence-corrected chi connectivity index (χ1v) is 8.77. The molecule has 5 heteroatoms. The first-order chi connectivity index (χ1) is 10.0. The summed E-state index contributed by atoms with van der Waals surface area (Å²) in [5.41, 5.74) is 2.55. The van der Waals surface area contributed by atoms with Crippen LogP contribution in [0.1, 0.15) is 17.5 Å². The van der Waals surface area contributed by atoms with Gasteiger partial charge in [-0.2, -0.15) is 0 Å². The van der Waals surface area contributed by atoms with E-state index < -0.39 is 10.0 Å². The van der Waals surface area contributed by atoms with E-state index in [1.807, 2.05) is 31.2 Å². The maximum Gasteiger partial charge on any atom is 0.261 e. The molecule has 1 N–H and O–H groups in total. The normalized spacial score (nSPS) is 11.3. The van der Waals surface area contributed by atoms with E-state index >= 15 is 0 Å². The maximum atomic E-state index is 12.3. The van der Waals surface area contributed by atoms with Gasteiger partial charge in [0, 0.05) is 11.6 Å². The lowest BCUT2D eigenvalue weighted by atomic mass is 10.1. The van der Waals surface area contributed by atoms with Gasteiger partial charge in [0.25, 0.3) is 10.0 Å². The molecular formula is C16H18ClNO2S. The molecule has 0 fully saturated rings. The Labute approximate surface area is 131 Å². The molecule has 0 saturated heterocycles. The molecule has 0 atom stereocenters. The predicted octanol–water partition coefficient (Wildman–Crippen LogP) is 3.97. The van der Waals surface area contributed by atoms with Crippen LogP contribution in [0.25, 0.3) is 0 Å². The predicted molar refractivity (Wildman–Crippen MR) is 87.5 cm³/mol. The van der Waals surface area contributed by atoms with Crippen LogP contribution in [0.5, 0.6) is 0 Å². The molecule has 2 aromatic carbocycles. The Morgan fingerprint density at radius 2 is 1.86 bits per heavy atom. The number of nitrogens with one attached hydrogen (secondary N) is 1. The molecular weight excluding hydrogens is 306 g/mol. The van der Waals surface area contributed by atoms with Gasteiger partial charge in [0.1, 0.15) is 0 Å². The zero-order valence-corrected chi connectivity index (χ0v) is 13.4. The third kappa shape index (κ3) is 4.48. The van der Waals surface area contributed by atoms with E-state index in [0.29, 0.717) is 11.6 Å². The lowest BCUT2D eigenvalue weighted by molar-refractivity contribution is 0.601. The second kappa shape index (κ2) is 6.96. The molecule has 0 amide bonds. The minimum Gasteiger partial charge on any atom is -0.280 e. The monoisotopic (exact) mass is 323 g/mol. The Morgan fingerprint density at radius 3 is 2.57 bits per heavy atom. The van der Waals surface area contributed by atoms with E-state index in [9.17, 15) is 8.42 Å². The summed E-state index contributed by atoms with van der Waals surface area (Å²) in [6, 6.07) is 14.3. The molecule has 2 rings (SSSR count). The van der Waals surface area contributed by atoms with E-state index in [2.05, 4.69) is 4.72 Å². The number of alkyl halides is 1. The van der Waals surface area contributed by atoms with Crippen LogP contribution in [0.2, 0.25) is 0 Å². The summed E-state index contributed by atoms with van der Waals surface area (Å²) in [7, 11) is -3.55. The molecule has 21 heavy (non-hydrogen) atoms. The van der Waals surface area contributed by atoms with Gasteiger partial charge < -0.3 is 0 Å². The van der Waals surface area contributed by atoms with Crippen molar-refractivity contribution in [3.05, 3.63) is 59.7 Å². The van der Waals surface area contributed by atoms with E-state index in [0.717, 1.165) is 24.0 Å². The zero-order chi connectivity index (χ0) is 15.3. The molecule has 3 nitrogen and oxygen atoms in total. The van der Waals surface area contributed by atoms with Crippen LogP contribution < -0.4 is 4.72 Å². The average Bonchev–Trinajstić information content (AvgIpc) is 2.45. The fourth-order valence-corrected chi connectivity index (χ4v) is 3.35. The van der Waals surface area contributed by atoms with Crippen molar-refractivity contribution >= 4 is 27.3 Å². The van der Waals surface area contributed by atoms with Crippen LogP contribution in [0.4, 0.5) is 5.69 Å². The van der Waals surface area contributed by atoms with Gasteiger partial charge in [0.2, 0.25) is 0 Å². The summed E-state index contributed by atoms with van der Waals surface area (Å²) in [6.45, 7) is 1.87. The second-order valence-electron chi connectivity index (χ2n) is 4.91. The zero-order valence-electron chi connectivity index (χ0n) is 11.8. The number of halogens is 1. The van der Waals surface area contributed by atoms with Crippen LogP contribution in [-0.4, -0.2) is 14.3 Å². The highest BCUT2D eigenvalue weighted by atomic mass is 35.5. The number of benzene rings is 2. The number of sulfonamides is 1. The standard InChI is InChI=1S/C16H18ClNO2S/c1-13-5-2-9-16(11-13)21(19,20)18-15-8-3-6-14(12-15)7-4-10-17/h2-3,5-6,8-9,11-12,18H,4,7,10H2,1H3. The van der Waals surface area contributed by atoms with Crippen molar-refractivity contribution in [2.45, 2.75) is 24.7 Å². The molecule has 0 aliphatic heterocycles. The van der Waals surface area contributed by atoms with Crippen molar-refractivity contribution in [1.29, 1.82) is 0 Å². The molecule has 0 spiro atoms. The van der Waals surface area contributed by atoms with Crippen molar-refractivity contribution in [2.75, 3.05) is 10.6 Å². The highest BCUT2D eigenvalue weighted by molar-refractivity contribution is 7.92. The van der Waals surface area contributed by atoms with E-state index in [1.165, 1.54) is 0 Å². The largest absolute Gasteiger partial charge is 0.280 e. The van der Waals surface area contributed by atoms with E-state index in [1.54, 1.807) is 24.3 Å². The quantitative estimate of drug-likeness (QED) is 0.818. The summed E-state index contributed by atoms with van der Waals surface area (Å²) in [5, 5.41) is 0. The minimum absolute atomic E-state index is 0.272. The van der Waals surface area contributed by atoms with Crippen LogP contribution in [0.3, 0.4) is 0 Å². The van der Waals surface area contributed by atoms with Crippen molar-refractivity contribution in [1.82, 2.24) is 0 Å². The molecule has 0 aliphatic rings. The Balaban J connectivity index is 2.20. The van der Waals surface area contributed by atoms with Crippen LogP contribution >= 0.6 is 11.6 Å². The molecule has 2 aromatic rings. The van der Waals surface area contributed by atoms with Crippen molar-refractivity contribution in [3.63, 3.8) is 0 Å². The fourth-order valence-electron chi connectivity index (χ4n) is 2.06. The van der Waals surface area contributed by atoms with E-state index in [-0.39, 0.29) is 4.90 Å². The fraction of sp³-hybridized carbons (Fsp3) is 0.250. The Morgan fingerprint density at radius 1 is 1.10 bits per heavy atom. The molecule has 0 unspecified atom stereocenters. The molecule has 0 bridgehead atoms. The number of aryl methyl sites for hydroxylation is 2. The summed E-state index contributed by atoms with van der Waals surface area (Å²) in [4.78, 5) is 0.272. The molecule has 0 saturated carbocycles. The lowest BCUT2D eigenvalue weighted by Crippen LogP contribution is -2.13. The number of rotatable bonds is 6. The van der Waals surface area contributed by atoms with Crippen molar-refractivity contribution < 1.29 is 8.42 Å². The summed E-state index contributed by atoms with van der Waals surface area (Å²) in [5.74, 6) is 0.596. The van der Waals surface area contributed by atoms with Crippen molar-refractivity contribution in [2.24, 2.45) is 0 Å². The summed E-state index contributed by atoms with van der Waals surface area (Å²) < 4.78 is 27.3. The average molecular weight is 324 g/mol. The Kier molecular flexibility index (Phi) is 5.26. The van der Waals surface area contributed by atoms with Gasteiger partial charge in [0.15, 0.2) is 0 Å². The van der Waals surface area contributed by atoms with Crippen LogP contribution in [0, 0.1) is 6.92 Å². The van der Waals surface area contributed by atoms with Gasteiger partial charge in [-0.3, -0.25) is 4.72 Å². The van der Waals surface area contributed by atoms with Gasteiger partial charge in [-0.05, 0) is 55.2 Å². The number of hydrogen-bond donors (Lipinski definition) is 1. The van der Waals surface area contributed by atoms with Crippen molar-refractivity contribution in [3.8, 4) is 0 Å². The number of hydrogen-bond acceptors (Lipinski definition) is 2. The summed E-state index contributed by atoms with van der Waals surface area (Å²) in [6.07, 6.45) is 1.71. The molecule has 0 aromatic heterocycles. The second-order valence-corrected chi connectivity index (χ2v) is 6.98. The molecule has 0 heterocycles. The Bertz CT molecular complexity index is 714. The lowest BCUT2D eigenvalue weighted by Gasteiger charge is -2.10. The third-order valence-electron chi connectivity index (χ3n) is 3.08. The first kappa shape index (κ1) is 15.9. The Hall–Kier alpha value is -1.52. The van der Waals surface area contributed by atoms with Gasteiger partial charge in [0.05, 0.1) is 4.90 Å². The summed E-state index contributed by atoms with van der Waals surface area (Å²) >= 11 is 5.68. The van der Waals surface area contributed by atoms with Gasteiger partial charge >= 0.3 is 0 Å². The smallest absolute Gasteiger partial charge is 0.261 e. The first-order valence-electron chi connectivity index (χ1n) is 6.76. The highest BCUT2D eigenvalue weighted by Gasteiger charge is 2.14. The molecule has 0 aliphatic carbocycles. The minimum atomic E-state index is -3.55. The maximum absolute atomic E-state index is 12.3. The van der Waals surface area contributed by atoms with Crippen LogP contribution in [0.15, 0.2) is 53.4 Å². The van der Waals surface area contributed by atoms with E-state index in [4.69, 9.17) is 11.6 Å². The third-order valence-corrected chi connectivity index (χ3v) is 4.72. The topological polar surface area (TPSA) is 46.2 Å². The molecule has 112 valence electrons. The number of anilines is 1. The van der Waals surface area contributed by atoms with Gasteiger partial charge in [-0.1, -0.05) is 24.3 Å². The van der Waals surface area contributed by atoms with Gasteiger partial charge in [-0.25, -0.2) is 8.42 Å². The molecule has 0 radical (unpaired) electrons. The van der Waals surface area contributed by atoms with Gasteiger partial charge in [-0.15, -0.1) is 11.6 Å². The highest BCUT2D eigenvalue weighted by Crippen LogP contribution is 2.18.